The van der Waals surface area contributed by atoms with E-state index >= 15 is 0 Å². The van der Waals surface area contributed by atoms with E-state index in [0.29, 0.717) is 30.6 Å². The molecule has 0 N–H and O–H groups in total. The molecule has 3 atom stereocenters. The molecule has 0 radical (unpaired) electrons. The molecule has 4 rings (SSSR count). The second-order valence-corrected chi connectivity index (χ2v) is 8.24. The molecule has 2 bridgehead atoms. The number of methoxy groups -OCH3 is 2. The predicted molar refractivity (Wildman–Crippen MR) is 103 cm³/mol. The van der Waals surface area contributed by atoms with Gasteiger partial charge < -0.3 is 19.1 Å². The van der Waals surface area contributed by atoms with Gasteiger partial charge in [-0.25, -0.2) is 0 Å². The first-order valence-electron chi connectivity index (χ1n) is 10.3. The molecule has 3 fully saturated rings. The van der Waals surface area contributed by atoms with E-state index in [4.69, 9.17) is 14.2 Å². The second-order valence-electron chi connectivity index (χ2n) is 8.24. The highest BCUT2D eigenvalue weighted by molar-refractivity contribution is 5.80. The average molecular weight is 373 g/mol. The van der Waals surface area contributed by atoms with E-state index in [0.717, 1.165) is 50.0 Å². The van der Waals surface area contributed by atoms with Crippen LogP contribution in [-0.2, 0) is 9.53 Å². The Hall–Kier alpha value is -1.75. The molecule has 5 heteroatoms. The van der Waals surface area contributed by atoms with Crippen molar-refractivity contribution in [1.82, 2.24) is 4.90 Å². The molecule has 0 aromatic heterocycles. The fourth-order valence-corrected chi connectivity index (χ4v) is 5.26. The van der Waals surface area contributed by atoms with E-state index < -0.39 is 0 Å². The molecule has 0 unspecified atom stereocenters. The number of hydrogen-bond donors (Lipinski definition) is 0. The van der Waals surface area contributed by atoms with Gasteiger partial charge in [-0.05, 0) is 75.1 Å². The molecule has 2 saturated carbocycles. The van der Waals surface area contributed by atoms with Crippen LogP contribution in [0, 0.1) is 11.8 Å². The highest BCUT2D eigenvalue weighted by Crippen LogP contribution is 2.44. The summed E-state index contributed by atoms with van der Waals surface area (Å²) < 4.78 is 16.7. The third kappa shape index (κ3) is 3.79. The Morgan fingerprint density at radius 3 is 2.37 bits per heavy atom. The van der Waals surface area contributed by atoms with Crippen LogP contribution < -0.4 is 9.47 Å². The van der Waals surface area contributed by atoms with Gasteiger partial charge in [0.2, 0.25) is 5.91 Å². The van der Waals surface area contributed by atoms with Crippen LogP contribution in [0.25, 0.3) is 0 Å². The van der Waals surface area contributed by atoms with Gasteiger partial charge in [-0.1, -0.05) is 0 Å². The van der Waals surface area contributed by atoms with Crippen LogP contribution >= 0.6 is 0 Å². The lowest BCUT2D eigenvalue weighted by Gasteiger charge is -2.39. The highest BCUT2D eigenvalue weighted by Gasteiger charge is 2.49. The predicted octanol–water partition coefficient (Wildman–Crippen LogP) is 3.66. The van der Waals surface area contributed by atoms with Crippen molar-refractivity contribution < 1.29 is 19.0 Å². The molecule has 0 spiro atoms. The van der Waals surface area contributed by atoms with Crippen molar-refractivity contribution in [2.75, 3.05) is 20.8 Å². The maximum absolute atomic E-state index is 13.3. The number of piperidine rings is 1. The maximum atomic E-state index is 13.3. The summed E-state index contributed by atoms with van der Waals surface area (Å²) in [5.74, 6) is 2.78. The third-order valence-corrected chi connectivity index (χ3v) is 6.83. The fourth-order valence-electron chi connectivity index (χ4n) is 5.26. The van der Waals surface area contributed by atoms with Crippen LogP contribution in [0.5, 0.6) is 11.5 Å². The molecular weight excluding hydrogens is 342 g/mol. The molecule has 1 aromatic carbocycles. The van der Waals surface area contributed by atoms with Crippen LogP contribution in [0.1, 0.15) is 44.9 Å². The smallest absolute Gasteiger partial charge is 0.226 e. The first-order chi connectivity index (χ1) is 13.2. The normalized spacial score (nSPS) is 32.5. The molecule has 27 heavy (non-hydrogen) atoms. The lowest BCUT2D eigenvalue weighted by molar-refractivity contribution is -0.142. The lowest BCUT2D eigenvalue weighted by atomic mass is 9.85. The van der Waals surface area contributed by atoms with E-state index in [-0.39, 0.29) is 12.0 Å². The molecule has 1 heterocycles. The molecule has 2 aliphatic carbocycles. The van der Waals surface area contributed by atoms with Gasteiger partial charge in [-0.15, -0.1) is 0 Å². The molecule has 1 saturated heterocycles. The van der Waals surface area contributed by atoms with Crippen molar-refractivity contribution >= 4 is 5.91 Å². The summed E-state index contributed by atoms with van der Waals surface area (Å²) in [6, 6.07) is 8.33. The van der Waals surface area contributed by atoms with Gasteiger partial charge in [0.25, 0.3) is 0 Å². The topological polar surface area (TPSA) is 48.0 Å². The van der Waals surface area contributed by atoms with E-state index in [9.17, 15) is 4.79 Å². The Balaban J connectivity index is 1.39. The monoisotopic (exact) mass is 373 g/mol. The van der Waals surface area contributed by atoms with Gasteiger partial charge >= 0.3 is 0 Å². The highest BCUT2D eigenvalue weighted by atomic mass is 16.5. The number of hydrogen-bond acceptors (Lipinski definition) is 4. The number of nitrogens with zero attached hydrogens (tertiary/aromatic N) is 1. The number of amides is 1. The standard InChI is InChI=1S/C22H31NO4/c1-25-18-7-4-15(5-8-18)22(24)23-17-6-3-16(13-17)21(23)14-27-20-11-9-19(26-2)10-12-20/h9-12,15-18,21H,3-8,13-14H2,1-2H3/t15?,16-,17+,18?,21-/m0/s1. The SMILES string of the molecule is COc1ccc(OC[C@H]2[C@H]3CC[C@H](C3)N2C(=O)C2CCC(OC)CC2)cc1. The van der Waals surface area contributed by atoms with Crippen LogP contribution in [0.2, 0.25) is 0 Å². The Kier molecular flexibility index (Phi) is 5.58. The van der Waals surface area contributed by atoms with Crippen LogP contribution in [-0.4, -0.2) is 49.8 Å². The van der Waals surface area contributed by atoms with Gasteiger partial charge in [-0.3, -0.25) is 4.79 Å². The number of carbonyl (C=O) groups excluding carboxylic acids is 1. The van der Waals surface area contributed by atoms with Crippen molar-refractivity contribution in [3.8, 4) is 11.5 Å². The first kappa shape index (κ1) is 18.6. The van der Waals surface area contributed by atoms with Crippen molar-refractivity contribution in [3.63, 3.8) is 0 Å². The van der Waals surface area contributed by atoms with Crippen molar-refractivity contribution in [2.45, 2.75) is 63.1 Å². The summed E-state index contributed by atoms with van der Waals surface area (Å²) in [6.07, 6.45) is 7.77. The zero-order valence-electron chi connectivity index (χ0n) is 16.4. The molecule has 148 valence electrons. The third-order valence-electron chi connectivity index (χ3n) is 6.83. The molecule has 5 nitrogen and oxygen atoms in total. The van der Waals surface area contributed by atoms with Crippen LogP contribution in [0.3, 0.4) is 0 Å². The van der Waals surface area contributed by atoms with Crippen molar-refractivity contribution in [2.24, 2.45) is 11.8 Å². The van der Waals surface area contributed by atoms with Crippen LogP contribution in [0.4, 0.5) is 0 Å². The quantitative estimate of drug-likeness (QED) is 0.764. The summed E-state index contributed by atoms with van der Waals surface area (Å²) >= 11 is 0. The van der Waals surface area contributed by atoms with E-state index in [2.05, 4.69) is 4.90 Å². The molecule has 1 amide bonds. The van der Waals surface area contributed by atoms with Crippen molar-refractivity contribution in [1.29, 1.82) is 0 Å². The summed E-state index contributed by atoms with van der Waals surface area (Å²) in [4.78, 5) is 15.5. The first-order valence-corrected chi connectivity index (χ1v) is 10.3. The number of likely N-dealkylation sites (tertiary alicyclic amines) is 1. The maximum Gasteiger partial charge on any atom is 0.226 e. The van der Waals surface area contributed by atoms with E-state index in [1.807, 2.05) is 24.3 Å². The number of carbonyl (C=O) groups is 1. The summed E-state index contributed by atoms with van der Waals surface area (Å²) in [7, 11) is 3.44. The number of benzene rings is 1. The number of rotatable bonds is 6. The Morgan fingerprint density at radius 1 is 1.00 bits per heavy atom. The zero-order chi connectivity index (χ0) is 18.8. The zero-order valence-corrected chi connectivity index (χ0v) is 16.4. The minimum absolute atomic E-state index is 0.166. The molecule has 1 aromatic rings. The van der Waals surface area contributed by atoms with Gasteiger partial charge in [0.05, 0.1) is 19.3 Å². The lowest BCUT2D eigenvalue weighted by Crippen LogP contribution is -2.50. The van der Waals surface area contributed by atoms with Crippen molar-refractivity contribution in [3.05, 3.63) is 24.3 Å². The Bertz CT molecular complexity index is 638. The summed E-state index contributed by atoms with van der Waals surface area (Å²) in [5.41, 5.74) is 0. The number of ether oxygens (including phenoxy) is 3. The average Bonchev–Trinajstić information content (AvgIpc) is 3.34. The molecular formula is C22H31NO4. The van der Waals surface area contributed by atoms with Gasteiger partial charge in [0.15, 0.2) is 0 Å². The van der Waals surface area contributed by atoms with E-state index in [1.54, 1.807) is 14.2 Å². The van der Waals surface area contributed by atoms with Crippen LogP contribution in [0.15, 0.2) is 24.3 Å². The Labute approximate surface area is 162 Å². The largest absolute Gasteiger partial charge is 0.497 e. The fraction of sp³-hybridized carbons (Fsp3) is 0.682. The minimum Gasteiger partial charge on any atom is -0.497 e. The Morgan fingerprint density at radius 2 is 1.70 bits per heavy atom. The van der Waals surface area contributed by atoms with E-state index in [1.165, 1.54) is 6.42 Å². The molecule has 3 aliphatic rings. The summed E-state index contributed by atoms with van der Waals surface area (Å²) in [6.45, 7) is 0.590. The number of fused-ring (bicyclic) bond motifs is 2. The van der Waals surface area contributed by atoms with Gasteiger partial charge in [0, 0.05) is 19.1 Å². The molecule has 1 aliphatic heterocycles. The summed E-state index contributed by atoms with van der Waals surface area (Å²) in [5, 5.41) is 0. The van der Waals surface area contributed by atoms with Gasteiger partial charge in [-0.2, -0.15) is 0 Å². The van der Waals surface area contributed by atoms with Gasteiger partial charge in [0.1, 0.15) is 18.1 Å². The minimum atomic E-state index is 0.166. The second kappa shape index (κ2) is 8.09.